The van der Waals surface area contributed by atoms with Crippen molar-refractivity contribution in [2.24, 2.45) is 0 Å². The topological polar surface area (TPSA) is 34.1 Å². The summed E-state index contributed by atoms with van der Waals surface area (Å²) in [5.74, 6) is -0.259. The molecule has 64 valence electrons. The van der Waals surface area contributed by atoms with Gasteiger partial charge in [-0.1, -0.05) is 26.3 Å². The van der Waals surface area contributed by atoms with Crippen LogP contribution >= 0.6 is 0 Å². The first-order valence-corrected chi connectivity index (χ1v) is 3.20. The number of rotatable bonds is 4. The first-order valence-electron chi connectivity index (χ1n) is 3.20. The zero-order valence-electron chi connectivity index (χ0n) is 6.95. The zero-order chi connectivity index (χ0) is 9.98. The molecule has 0 saturated heterocycles. The fourth-order valence-electron chi connectivity index (χ4n) is 0.167. The summed E-state index contributed by atoms with van der Waals surface area (Å²) in [6.07, 6.45) is 4.86. The minimum absolute atomic E-state index is 0.130. The largest absolute Gasteiger partial charge is 0.290 e. The molecular weight excluding hydrogens is 152 g/mol. The second-order valence-corrected chi connectivity index (χ2v) is 1.62. The van der Waals surface area contributed by atoms with E-state index in [1.807, 2.05) is 0 Å². The first kappa shape index (κ1) is 12.9. The number of allylic oxidation sites excluding steroid dienone is 4. The molecule has 0 saturated carbocycles. The lowest BCUT2D eigenvalue weighted by atomic mass is 10.4. The maximum Gasteiger partial charge on any atom is 0.177 e. The summed E-state index contributed by atoms with van der Waals surface area (Å²) in [5, 5.41) is 0. The summed E-state index contributed by atoms with van der Waals surface area (Å²) in [4.78, 5) is 19.9. The van der Waals surface area contributed by atoms with E-state index >= 15 is 0 Å². The lowest BCUT2D eigenvalue weighted by molar-refractivity contribution is -0.111. The molecular formula is C10H12O2. The van der Waals surface area contributed by atoms with Crippen LogP contribution in [0.3, 0.4) is 0 Å². The van der Waals surface area contributed by atoms with Gasteiger partial charge in [-0.15, -0.1) is 0 Å². The van der Waals surface area contributed by atoms with Gasteiger partial charge < -0.3 is 0 Å². The van der Waals surface area contributed by atoms with Crippen LogP contribution in [0.1, 0.15) is 0 Å². The third-order valence-corrected chi connectivity index (χ3v) is 0.805. The van der Waals surface area contributed by atoms with Gasteiger partial charge in [-0.25, -0.2) is 0 Å². The van der Waals surface area contributed by atoms with Gasteiger partial charge >= 0.3 is 0 Å². The normalized spacial score (nSPS) is 6.67. The molecule has 0 bridgehead atoms. The van der Waals surface area contributed by atoms with Crippen LogP contribution in [0.25, 0.3) is 0 Å². The highest BCUT2D eigenvalue weighted by atomic mass is 16.1. The van der Waals surface area contributed by atoms with Crippen molar-refractivity contribution in [1.82, 2.24) is 0 Å². The highest BCUT2D eigenvalue weighted by molar-refractivity contribution is 5.98. The van der Waals surface area contributed by atoms with E-state index in [1.165, 1.54) is 24.3 Å². The lowest BCUT2D eigenvalue weighted by Crippen LogP contribution is -1.78. The van der Waals surface area contributed by atoms with Crippen molar-refractivity contribution in [1.29, 1.82) is 0 Å². The van der Waals surface area contributed by atoms with Crippen molar-refractivity contribution in [2.75, 3.05) is 0 Å². The Morgan fingerprint density at radius 1 is 0.667 bits per heavy atom. The molecule has 0 heterocycles. The zero-order valence-corrected chi connectivity index (χ0v) is 6.95. The van der Waals surface area contributed by atoms with Crippen LogP contribution in [0.4, 0.5) is 0 Å². The van der Waals surface area contributed by atoms with Crippen LogP contribution in [0.5, 0.6) is 0 Å². The highest BCUT2D eigenvalue weighted by Crippen LogP contribution is 1.68. The number of carbonyl (C=O) groups is 2. The van der Waals surface area contributed by atoms with E-state index < -0.39 is 0 Å². The second-order valence-electron chi connectivity index (χ2n) is 1.62. The Balaban J connectivity index is 0. The molecule has 12 heavy (non-hydrogen) atoms. The summed E-state index contributed by atoms with van der Waals surface area (Å²) in [6.45, 7) is 12.8. The molecule has 0 rings (SSSR count). The van der Waals surface area contributed by atoms with Crippen molar-refractivity contribution < 1.29 is 9.59 Å². The molecule has 0 atom stereocenters. The van der Waals surface area contributed by atoms with E-state index in [0.29, 0.717) is 0 Å². The van der Waals surface area contributed by atoms with Crippen LogP contribution < -0.4 is 0 Å². The molecule has 0 spiro atoms. The summed E-state index contributed by atoms with van der Waals surface area (Å²) < 4.78 is 0. The average Bonchev–Trinajstić information content (AvgIpc) is 2.16. The van der Waals surface area contributed by atoms with Gasteiger partial charge in [-0.2, -0.15) is 0 Å². The van der Waals surface area contributed by atoms with Gasteiger partial charge in [0.05, 0.1) is 0 Å². The Bertz CT molecular complexity index is 168. The Labute approximate surface area is 72.6 Å². The Morgan fingerprint density at radius 2 is 0.833 bits per heavy atom. The summed E-state index contributed by atoms with van der Waals surface area (Å²) >= 11 is 0. The molecule has 0 aromatic heterocycles. The summed E-state index contributed by atoms with van der Waals surface area (Å²) in [6, 6.07) is 0. The summed E-state index contributed by atoms with van der Waals surface area (Å²) in [7, 11) is 0. The van der Waals surface area contributed by atoms with Gasteiger partial charge in [-0.3, -0.25) is 9.59 Å². The lowest BCUT2D eigenvalue weighted by Gasteiger charge is -1.68. The van der Waals surface area contributed by atoms with Crippen molar-refractivity contribution in [3.63, 3.8) is 0 Å². The fraction of sp³-hybridized carbons (Fsp3) is 0. The molecule has 0 aromatic rings. The van der Waals surface area contributed by atoms with E-state index in [-0.39, 0.29) is 11.6 Å². The smallest absolute Gasteiger partial charge is 0.177 e. The Kier molecular flexibility index (Phi) is 10.0. The van der Waals surface area contributed by atoms with Crippen LogP contribution in [0.2, 0.25) is 0 Å². The molecule has 0 radical (unpaired) electrons. The van der Waals surface area contributed by atoms with E-state index in [4.69, 9.17) is 0 Å². The monoisotopic (exact) mass is 164 g/mol. The van der Waals surface area contributed by atoms with Crippen molar-refractivity contribution in [3.05, 3.63) is 50.6 Å². The highest BCUT2D eigenvalue weighted by Gasteiger charge is 1.76. The number of ketones is 2. The van der Waals surface area contributed by atoms with Crippen LogP contribution in [0, 0.1) is 0 Å². The molecule has 2 nitrogen and oxygen atoms in total. The molecule has 0 fully saturated rings. The Hall–Kier alpha value is -1.70. The molecule has 0 aliphatic carbocycles. The van der Waals surface area contributed by atoms with Crippen LogP contribution in [0.15, 0.2) is 50.6 Å². The SMILES string of the molecule is C=CC(=O)C=C.C=CC(=O)C=C. The quantitative estimate of drug-likeness (QED) is 0.594. The van der Waals surface area contributed by atoms with E-state index in [1.54, 1.807) is 0 Å². The molecule has 0 aliphatic rings. The average molecular weight is 164 g/mol. The van der Waals surface area contributed by atoms with Gasteiger partial charge in [-0.05, 0) is 24.3 Å². The number of carbonyl (C=O) groups excluding carboxylic acids is 2. The van der Waals surface area contributed by atoms with E-state index in [0.717, 1.165) is 0 Å². The maximum atomic E-state index is 9.94. The molecule has 0 amide bonds. The molecule has 0 aromatic carbocycles. The first-order chi connectivity index (χ1) is 5.62. The predicted octanol–water partition coefficient (Wildman–Crippen LogP) is 1.85. The third kappa shape index (κ3) is 11.1. The predicted molar refractivity (Wildman–Crippen MR) is 50.8 cm³/mol. The van der Waals surface area contributed by atoms with Gasteiger partial charge in [0.15, 0.2) is 11.6 Å². The molecule has 0 unspecified atom stereocenters. The van der Waals surface area contributed by atoms with Gasteiger partial charge in [0.1, 0.15) is 0 Å². The standard InChI is InChI=1S/2C5H6O/c2*1-3-5(6)4-2/h2*3-4H,1-2H2. The van der Waals surface area contributed by atoms with Gasteiger partial charge in [0, 0.05) is 0 Å². The minimum Gasteiger partial charge on any atom is -0.290 e. The van der Waals surface area contributed by atoms with Gasteiger partial charge in [0.2, 0.25) is 0 Å². The minimum atomic E-state index is -0.130. The van der Waals surface area contributed by atoms with Gasteiger partial charge in [0.25, 0.3) is 0 Å². The number of hydrogen-bond acceptors (Lipinski definition) is 2. The van der Waals surface area contributed by atoms with Crippen molar-refractivity contribution >= 4 is 11.6 Å². The second kappa shape index (κ2) is 9.30. The summed E-state index contributed by atoms with van der Waals surface area (Å²) in [5.41, 5.74) is 0. The third-order valence-electron chi connectivity index (χ3n) is 0.805. The maximum absolute atomic E-state index is 9.94. The van der Waals surface area contributed by atoms with E-state index in [9.17, 15) is 9.59 Å². The van der Waals surface area contributed by atoms with Crippen LogP contribution in [-0.4, -0.2) is 11.6 Å². The number of hydrogen-bond donors (Lipinski definition) is 0. The van der Waals surface area contributed by atoms with Crippen LogP contribution in [-0.2, 0) is 9.59 Å². The Morgan fingerprint density at radius 3 is 0.833 bits per heavy atom. The van der Waals surface area contributed by atoms with E-state index in [2.05, 4.69) is 26.3 Å². The van der Waals surface area contributed by atoms with Crippen molar-refractivity contribution in [2.45, 2.75) is 0 Å². The molecule has 0 aliphatic heterocycles. The molecule has 0 N–H and O–H groups in total. The molecule has 2 heteroatoms. The van der Waals surface area contributed by atoms with Crippen molar-refractivity contribution in [3.8, 4) is 0 Å². The fourth-order valence-corrected chi connectivity index (χ4v) is 0.167.